The molecule has 0 unspecified atom stereocenters. The number of carbonyl (C=O) groups excluding carboxylic acids is 2. The van der Waals surface area contributed by atoms with E-state index in [1.807, 2.05) is 0 Å². The van der Waals surface area contributed by atoms with E-state index in [2.05, 4.69) is 9.97 Å². The third-order valence-corrected chi connectivity index (χ3v) is 3.43. The molecule has 10 nitrogen and oxygen atoms in total. The summed E-state index contributed by atoms with van der Waals surface area (Å²) in [5, 5.41) is 27.3. The van der Waals surface area contributed by atoms with Crippen molar-refractivity contribution in [1.29, 1.82) is 0 Å². The first-order chi connectivity index (χ1) is 11.2. The predicted octanol–water partition coefficient (Wildman–Crippen LogP) is 0.170. The number of carboxylic acids is 3. The Morgan fingerprint density at radius 1 is 0.920 bits per heavy atom. The van der Waals surface area contributed by atoms with Crippen LogP contribution in [0.4, 0.5) is 0 Å². The van der Waals surface area contributed by atoms with Gasteiger partial charge in [0.05, 0.1) is 16.8 Å². The summed E-state index contributed by atoms with van der Waals surface area (Å²) in [6.45, 7) is 0. The number of rotatable bonds is 3. The molecule has 0 spiro atoms. The van der Waals surface area contributed by atoms with Crippen LogP contribution in [-0.2, 0) is 0 Å². The number of aromatic carboxylic acids is 3. The van der Waals surface area contributed by atoms with Gasteiger partial charge in [-0.1, -0.05) is 0 Å². The molecule has 121 valence electrons. The van der Waals surface area contributed by atoms with Gasteiger partial charge in [-0.3, -0.25) is 9.59 Å². The maximum Gasteiger partial charge on any atom is 0.354 e. The molecule has 2 heterocycles. The summed E-state index contributed by atoms with van der Waals surface area (Å²) >= 11 is 0. The number of carbonyl (C=O) groups is 5. The van der Waals surface area contributed by atoms with Crippen molar-refractivity contribution in [3.8, 4) is 11.3 Å². The van der Waals surface area contributed by atoms with Crippen LogP contribution >= 0.6 is 0 Å². The van der Waals surface area contributed by atoms with Gasteiger partial charge in [-0.15, -0.1) is 0 Å². The van der Waals surface area contributed by atoms with Gasteiger partial charge in [0.2, 0.25) is 5.78 Å². The van der Waals surface area contributed by atoms with E-state index in [1.165, 1.54) is 0 Å². The molecule has 25 heavy (non-hydrogen) atoms. The number of ketones is 2. The van der Waals surface area contributed by atoms with E-state index in [-0.39, 0.29) is 35.7 Å². The van der Waals surface area contributed by atoms with Crippen LogP contribution in [0.2, 0.25) is 0 Å². The minimum Gasteiger partial charge on any atom is -0.478 e. The number of aromatic nitrogens is 2. The van der Waals surface area contributed by atoms with Crippen LogP contribution < -0.4 is 0 Å². The topological polar surface area (TPSA) is 175 Å². The first-order valence-electron chi connectivity index (χ1n) is 6.29. The molecular weight excluding hydrogens is 331 g/mol. The van der Waals surface area contributed by atoms with Gasteiger partial charge in [0.15, 0.2) is 0 Å². The first kappa shape index (κ1) is 18.1. The second-order valence-electron chi connectivity index (χ2n) is 4.82. The Bertz CT molecular complexity index is 991. The number of hydrogen-bond acceptors (Lipinski definition) is 6. The molecule has 0 saturated carbocycles. The van der Waals surface area contributed by atoms with E-state index < -0.39 is 52.1 Å². The van der Waals surface area contributed by atoms with Gasteiger partial charge < -0.3 is 20.3 Å². The van der Waals surface area contributed by atoms with Crippen LogP contribution in [0.1, 0.15) is 52.2 Å². The second-order valence-corrected chi connectivity index (χ2v) is 4.82. The minimum atomic E-state index is -1.58. The van der Waals surface area contributed by atoms with E-state index in [0.717, 1.165) is 12.1 Å². The number of carboxylic acid groups (broad SMARTS) is 3. The van der Waals surface area contributed by atoms with Crippen molar-refractivity contribution >= 4 is 48.3 Å². The van der Waals surface area contributed by atoms with E-state index in [1.54, 1.807) is 0 Å². The maximum atomic E-state index is 12.1. The van der Waals surface area contributed by atoms with Gasteiger partial charge in [0.1, 0.15) is 17.1 Å². The monoisotopic (exact) mass is 337 g/mol. The summed E-state index contributed by atoms with van der Waals surface area (Å²) in [5.74, 6) is -6.87. The Morgan fingerprint density at radius 3 is 2.08 bits per heavy atom. The van der Waals surface area contributed by atoms with Crippen molar-refractivity contribution in [2.75, 3.05) is 0 Å². The fourth-order valence-electron chi connectivity index (χ4n) is 2.42. The zero-order chi connectivity index (χ0) is 17.8. The molecule has 1 aliphatic carbocycles. The van der Waals surface area contributed by atoms with Crippen LogP contribution in [0.15, 0.2) is 12.1 Å². The molecule has 0 aliphatic heterocycles. The largest absolute Gasteiger partial charge is 0.478 e. The predicted molar refractivity (Wildman–Crippen MR) is 79.3 cm³/mol. The summed E-state index contributed by atoms with van der Waals surface area (Å²) in [6.07, 6.45) is 0. The Balaban J connectivity index is 0.00000225. The standard InChI is InChI=1S/C14H6N2O8.Li/c17-10-4-2-6(14(23)24)15-8(4)7-3(12(19)20)1-5(13(21)22)16-9(7)11(10)18;/h1-2,15H,(H,19,20)(H,21,22)(H,23,24);. The Morgan fingerprint density at radius 2 is 1.56 bits per heavy atom. The number of pyridine rings is 1. The molecule has 1 aliphatic rings. The number of aromatic amines is 1. The molecule has 2 aromatic heterocycles. The van der Waals surface area contributed by atoms with Crippen molar-refractivity contribution in [1.82, 2.24) is 9.97 Å². The molecule has 3 rings (SSSR count). The minimum absolute atomic E-state index is 0. The quantitative estimate of drug-likeness (QED) is 0.449. The van der Waals surface area contributed by atoms with Gasteiger partial charge in [-0.25, -0.2) is 19.4 Å². The Kier molecular flexibility index (Phi) is 4.36. The molecule has 0 saturated heterocycles. The number of Topliss-reactive ketones (excluding diaryl/α,β-unsaturated/α-hetero) is 2. The number of H-pyrrole nitrogens is 1. The first-order valence-corrected chi connectivity index (χ1v) is 6.29. The maximum absolute atomic E-state index is 12.1. The Labute approximate surface area is 149 Å². The molecule has 11 heteroatoms. The van der Waals surface area contributed by atoms with Crippen molar-refractivity contribution in [3.05, 3.63) is 40.3 Å². The Hall–Kier alpha value is -3.22. The number of fused-ring (bicyclic) bond motifs is 3. The number of nitrogens with one attached hydrogen (secondary N) is 1. The van der Waals surface area contributed by atoms with Gasteiger partial charge >= 0.3 is 17.9 Å². The molecule has 2 aromatic rings. The van der Waals surface area contributed by atoms with E-state index in [4.69, 9.17) is 10.2 Å². The van der Waals surface area contributed by atoms with Gasteiger partial charge in [0.25, 0.3) is 5.78 Å². The fourth-order valence-corrected chi connectivity index (χ4v) is 2.42. The molecule has 0 aromatic carbocycles. The average Bonchev–Trinajstić information content (AvgIpc) is 2.96. The fraction of sp³-hybridized carbons (Fsp3) is 0. The van der Waals surface area contributed by atoms with Crippen LogP contribution in [0.5, 0.6) is 0 Å². The normalized spacial score (nSPS) is 12.0. The van der Waals surface area contributed by atoms with E-state index in [0.29, 0.717) is 0 Å². The average molecular weight is 337 g/mol. The van der Waals surface area contributed by atoms with Crippen molar-refractivity contribution in [2.24, 2.45) is 0 Å². The molecule has 4 N–H and O–H groups in total. The van der Waals surface area contributed by atoms with Crippen LogP contribution in [-0.4, -0.2) is 73.6 Å². The van der Waals surface area contributed by atoms with Crippen molar-refractivity contribution < 1.29 is 39.3 Å². The summed E-state index contributed by atoms with van der Waals surface area (Å²) in [6, 6.07) is 1.65. The third-order valence-electron chi connectivity index (χ3n) is 3.43. The van der Waals surface area contributed by atoms with Gasteiger partial charge in [-0.2, -0.15) is 0 Å². The molecule has 0 fully saturated rings. The van der Waals surface area contributed by atoms with Crippen molar-refractivity contribution in [3.63, 3.8) is 0 Å². The number of hydrogen-bond donors (Lipinski definition) is 4. The molecular formula is C14H6LiN2O8. The van der Waals surface area contributed by atoms with Crippen LogP contribution in [0, 0.1) is 0 Å². The second kappa shape index (κ2) is 6.01. The summed E-state index contributed by atoms with van der Waals surface area (Å²) < 4.78 is 0. The number of nitrogens with zero attached hydrogens (tertiary/aromatic N) is 1. The zero-order valence-electron chi connectivity index (χ0n) is 12.5. The molecule has 0 atom stereocenters. The third kappa shape index (κ3) is 2.63. The van der Waals surface area contributed by atoms with E-state index >= 15 is 0 Å². The van der Waals surface area contributed by atoms with Gasteiger partial charge in [-0.05, 0) is 12.1 Å². The summed E-state index contributed by atoms with van der Waals surface area (Å²) in [5.41, 5.74) is -3.21. The zero-order valence-corrected chi connectivity index (χ0v) is 12.5. The summed E-state index contributed by atoms with van der Waals surface area (Å²) in [7, 11) is 0. The smallest absolute Gasteiger partial charge is 0.354 e. The SMILES string of the molecule is O=C(O)c1cc(C(=O)O)c2c(n1)C(=O)C(=O)c1cc(C(=O)O)[nH]c1-2.[Li]. The molecule has 0 bridgehead atoms. The van der Waals surface area contributed by atoms with Gasteiger partial charge in [0, 0.05) is 24.4 Å². The van der Waals surface area contributed by atoms with Crippen molar-refractivity contribution in [2.45, 2.75) is 0 Å². The van der Waals surface area contributed by atoms with Crippen LogP contribution in [0.3, 0.4) is 0 Å². The van der Waals surface area contributed by atoms with Crippen LogP contribution in [0.25, 0.3) is 11.3 Å². The van der Waals surface area contributed by atoms with E-state index in [9.17, 15) is 29.1 Å². The summed E-state index contributed by atoms with van der Waals surface area (Å²) in [4.78, 5) is 63.7. The molecule has 1 radical (unpaired) electrons. The molecule has 0 amide bonds.